The zero-order chi connectivity index (χ0) is 13.1. The van der Waals surface area contributed by atoms with Gasteiger partial charge in [0.05, 0.1) is 6.54 Å². The highest BCUT2D eigenvalue weighted by molar-refractivity contribution is 5.94. The summed E-state index contributed by atoms with van der Waals surface area (Å²) in [5, 5.41) is 3.74. The van der Waals surface area contributed by atoms with Crippen LogP contribution in [-0.4, -0.2) is 28.0 Å². The third-order valence-electron chi connectivity index (χ3n) is 2.43. The first kappa shape index (κ1) is 12.1. The topological polar surface area (TPSA) is 85.2 Å². The van der Waals surface area contributed by atoms with Gasteiger partial charge in [-0.05, 0) is 18.2 Å². The fraction of sp³-hybridized carbons (Fsp3) is 0.250. The average molecular weight is 246 g/mol. The van der Waals surface area contributed by atoms with Crippen LogP contribution in [0.5, 0.6) is 0 Å². The van der Waals surface area contributed by atoms with Gasteiger partial charge in [0, 0.05) is 25.2 Å². The molecule has 1 aromatic heterocycles. The van der Waals surface area contributed by atoms with E-state index in [9.17, 15) is 4.79 Å². The molecule has 0 atom stereocenters. The second kappa shape index (κ2) is 4.87. The Morgan fingerprint density at radius 1 is 1.50 bits per heavy atom. The molecule has 1 aromatic carbocycles. The highest BCUT2D eigenvalue weighted by Gasteiger charge is 2.14. The lowest BCUT2D eigenvalue weighted by Crippen LogP contribution is -2.26. The van der Waals surface area contributed by atoms with Crippen molar-refractivity contribution in [1.82, 2.24) is 15.0 Å². The quantitative estimate of drug-likeness (QED) is 0.823. The molecule has 0 bridgehead atoms. The van der Waals surface area contributed by atoms with E-state index in [0.717, 1.165) is 0 Å². The van der Waals surface area contributed by atoms with Crippen molar-refractivity contribution < 1.29 is 9.32 Å². The molecule has 0 aliphatic heterocycles. The zero-order valence-electron chi connectivity index (χ0n) is 10.3. The number of carbonyl (C=O) groups excluding carboxylic acids is 1. The van der Waals surface area contributed by atoms with Gasteiger partial charge in [-0.3, -0.25) is 4.79 Å². The normalized spacial score (nSPS) is 10.3. The van der Waals surface area contributed by atoms with Gasteiger partial charge in [-0.2, -0.15) is 4.98 Å². The smallest absolute Gasteiger partial charge is 0.254 e. The minimum atomic E-state index is -0.134. The number of aromatic nitrogens is 2. The first-order valence-corrected chi connectivity index (χ1v) is 5.46. The second-order valence-electron chi connectivity index (χ2n) is 4.02. The number of nitrogens with two attached hydrogens (primary N) is 1. The van der Waals surface area contributed by atoms with Crippen LogP contribution in [0, 0.1) is 6.92 Å². The summed E-state index contributed by atoms with van der Waals surface area (Å²) < 4.78 is 4.85. The van der Waals surface area contributed by atoms with Crippen molar-refractivity contribution in [1.29, 1.82) is 0 Å². The highest BCUT2D eigenvalue weighted by atomic mass is 16.5. The number of benzene rings is 1. The van der Waals surface area contributed by atoms with Crippen molar-refractivity contribution in [2.75, 3.05) is 12.8 Å². The van der Waals surface area contributed by atoms with Crippen molar-refractivity contribution >= 4 is 11.6 Å². The molecule has 0 aliphatic carbocycles. The molecule has 2 aromatic rings. The summed E-state index contributed by atoms with van der Waals surface area (Å²) in [5.41, 5.74) is 6.74. The van der Waals surface area contributed by atoms with Crippen molar-refractivity contribution in [3.8, 4) is 0 Å². The molecule has 0 spiro atoms. The van der Waals surface area contributed by atoms with Crippen LogP contribution in [0.4, 0.5) is 5.69 Å². The zero-order valence-corrected chi connectivity index (χ0v) is 10.3. The van der Waals surface area contributed by atoms with Crippen molar-refractivity contribution in [3.05, 3.63) is 41.5 Å². The monoisotopic (exact) mass is 246 g/mol. The summed E-state index contributed by atoms with van der Waals surface area (Å²) in [4.78, 5) is 17.7. The third-order valence-corrected chi connectivity index (χ3v) is 2.43. The molecule has 18 heavy (non-hydrogen) atoms. The molecule has 0 aliphatic rings. The van der Waals surface area contributed by atoms with E-state index < -0.39 is 0 Å². The van der Waals surface area contributed by atoms with E-state index in [-0.39, 0.29) is 5.91 Å². The van der Waals surface area contributed by atoms with Gasteiger partial charge in [-0.1, -0.05) is 11.2 Å². The molecular formula is C12H14N4O2. The lowest BCUT2D eigenvalue weighted by atomic mass is 10.2. The molecule has 2 N–H and O–H groups in total. The Morgan fingerprint density at radius 3 is 2.89 bits per heavy atom. The number of nitrogen functional groups attached to an aromatic ring is 1. The Labute approximate surface area is 104 Å². The lowest BCUT2D eigenvalue weighted by Gasteiger charge is -2.15. The summed E-state index contributed by atoms with van der Waals surface area (Å²) in [6, 6.07) is 6.84. The molecule has 0 saturated heterocycles. The summed E-state index contributed by atoms with van der Waals surface area (Å²) in [6.07, 6.45) is 0. The number of nitrogens with zero attached hydrogens (tertiary/aromatic N) is 3. The lowest BCUT2D eigenvalue weighted by molar-refractivity contribution is 0.0780. The fourth-order valence-corrected chi connectivity index (χ4v) is 1.58. The van der Waals surface area contributed by atoms with Crippen LogP contribution in [-0.2, 0) is 6.54 Å². The highest BCUT2D eigenvalue weighted by Crippen LogP contribution is 2.10. The van der Waals surface area contributed by atoms with Gasteiger partial charge in [0.1, 0.15) is 0 Å². The minimum Gasteiger partial charge on any atom is -0.399 e. The largest absolute Gasteiger partial charge is 0.399 e. The minimum absolute atomic E-state index is 0.134. The summed E-state index contributed by atoms with van der Waals surface area (Å²) in [7, 11) is 1.68. The molecule has 0 radical (unpaired) electrons. The number of hydrogen-bond donors (Lipinski definition) is 1. The van der Waals surface area contributed by atoms with Crippen LogP contribution in [0.15, 0.2) is 28.8 Å². The first-order chi connectivity index (χ1) is 8.56. The van der Waals surface area contributed by atoms with Crippen LogP contribution in [0.25, 0.3) is 0 Å². The van der Waals surface area contributed by atoms with Crippen LogP contribution >= 0.6 is 0 Å². The van der Waals surface area contributed by atoms with Gasteiger partial charge in [0.2, 0.25) is 5.89 Å². The van der Waals surface area contributed by atoms with E-state index in [1.165, 1.54) is 4.90 Å². The van der Waals surface area contributed by atoms with E-state index in [1.807, 2.05) is 0 Å². The molecule has 94 valence electrons. The SMILES string of the molecule is Cc1nc(CN(C)C(=O)c2cccc(N)c2)no1. The fourth-order valence-electron chi connectivity index (χ4n) is 1.58. The molecular weight excluding hydrogens is 232 g/mol. The Balaban J connectivity index is 2.09. The van der Waals surface area contributed by atoms with Gasteiger partial charge in [-0.15, -0.1) is 0 Å². The number of aryl methyl sites for hydroxylation is 1. The number of anilines is 1. The molecule has 6 heteroatoms. The molecule has 0 saturated carbocycles. The molecule has 0 unspecified atom stereocenters. The van der Waals surface area contributed by atoms with Crippen molar-refractivity contribution in [3.63, 3.8) is 0 Å². The first-order valence-electron chi connectivity index (χ1n) is 5.46. The van der Waals surface area contributed by atoms with E-state index in [2.05, 4.69) is 10.1 Å². The third kappa shape index (κ3) is 2.65. The van der Waals surface area contributed by atoms with Gasteiger partial charge in [0.25, 0.3) is 5.91 Å². The average Bonchev–Trinajstić information content (AvgIpc) is 2.73. The number of rotatable bonds is 3. The Hall–Kier alpha value is -2.37. The molecule has 0 fully saturated rings. The number of amides is 1. The predicted molar refractivity (Wildman–Crippen MR) is 65.7 cm³/mol. The van der Waals surface area contributed by atoms with Gasteiger partial charge >= 0.3 is 0 Å². The summed E-state index contributed by atoms with van der Waals surface area (Å²) in [5.74, 6) is 0.826. The van der Waals surface area contributed by atoms with Crippen molar-refractivity contribution in [2.24, 2.45) is 0 Å². The Kier molecular flexibility index (Phi) is 3.27. The maximum atomic E-state index is 12.1. The Morgan fingerprint density at radius 2 is 2.28 bits per heavy atom. The summed E-state index contributed by atoms with van der Waals surface area (Å²) >= 11 is 0. The van der Waals surface area contributed by atoms with E-state index in [0.29, 0.717) is 29.5 Å². The summed E-state index contributed by atoms with van der Waals surface area (Å²) in [6.45, 7) is 2.00. The predicted octanol–water partition coefficient (Wildman–Crippen LogP) is 1.23. The number of hydrogen-bond acceptors (Lipinski definition) is 5. The maximum absolute atomic E-state index is 12.1. The molecule has 2 rings (SSSR count). The van der Waals surface area contributed by atoms with E-state index in [1.54, 1.807) is 38.2 Å². The van der Waals surface area contributed by atoms with Crippen LogP contribution in [0.2, 0.25) is 0 Å². The van der Waals surface area contributed by atoms with E-state index >= 15 is 0 Å². The van der Waals surface area contributed by atoms with Gasteiger partial charge in [0.15, 0.2) is 5.82 Å². The second-order valence-corrected chi connectivity index (χ2v) is 4.02. The van der Waals surface area contributed by atoms with Gasteiger partial charge in [-0.25, -0.2) is 0 Å². The van der Waals surface area contributed by atoms with Crippen LogP contribution in [0.1, 0.15) is 22.1 Å². The maximum Gasteiger partial charge on any atom is 0.254 e. The Bertz CT molecular complexity index is 565. The number of carbonyl (C=O) groups is 1. The standard InChI is InChI=1S/C12H14N4O2/c1-8-14-11(15-18-8)7-16(2)12(17)9-4-3-5-10(13)6-9/h3-6H,7,13H2,1-2H3. The van der Waals surface area contributed by atoms with E-state index in [4.69, 9.17) is 10.3 Å². The van der Waals surface area contributed by atoms with Crippen LogP contribution < -0.4 is 5.73 Å². The molecule has 6 nitrogen and oxygen atoms in total. The van der Waals surface area contributed by atoms with Crippen molar-refractivity contribution in [2.45, 2.75) is 13.5 Å². The van der Waals surface area contributed by atoms with Crippen LogP contribution in [0.3, 0.4) is 0 Å². The van der Waals surface area contributed by atoms with Gasteiger partial charge < -0.3 is 15.2 Å². The molecule has 1 amide bonds. The molecule has 1 heterocycles.